The summed E-state index contributed by atoms with van der Waals surface area (Å²) in [4.78, 5) is 0. The second kappa shape index (κ2) is 6.43. The first-order valence-electron chi connectivity index (χ1n) is 5.41. The van der Waals surface area contributed by atoms with E-state index in [9.17, 15) is 10.2 Å². The largest absolute Gasteiger partial charge is 0.508 e. The molecule has 0 fully saturated rings. The molecular weight excluding hydrogens is 190 g/mol. The monoisotopic (exact) mass is 209 g/mol. The van der Waals surface area contributed by atoms with Crippen LogP contribution in [-0.4, -0.2) is 23.3 Å². The molecule has 1 aromatic carbocycles. The molecule has 0 bridgehead atoms. The number of phenols is 1. The Kier molecular flexibility index (Phi) is 5.15. The van der Waals surface area contributed by atoms with Crippen LogP contribution in [0.25, 0.3) is 0 Å². The smallest absolute Gasteiger partial charge is 0.115 e. The summed E-state index contributed by atoms with van der Waals surface area (Å²) in [6.07, 6.45) is 1.72. The average molecular weight is 209 g/mol. The number of phenolic OH excluding ortho intramolecular Hbond substituents is 1. The molecule has 0 saturated heterocycles. The Bertz CT molecular complexity index is 289. The van der Waals surface area contributed by atoms with Crippen LogP contribution in [0.15, 0.2) is 24.3 Å². The van der Waals surface area contributed by atoms with Gasteiger partial charge in [0.25, 0.3) is 0 Å². The fourth-order valence-electron chi connectivity index (χ4n) is 1.39. The van der Waals surface area contributed by atoms with Crippen LogP contribution in [0, 0.1) is 0 Å². The highest BCUT2D eigenvalue weighted by atomic mass is 16.3. The summed E-state index contributed by atoms with van der Waals surface area (Å²) in [5.74, 6) is 0.195. The second-order valence-electron chi connectivity index (χ2n) is 3.67. The zero-order chi connectivity index (χ0) is 11.1. The minimum absolute atomic E-state index is 0.195. The van der Waals surface area contributed by atoms with E-state index in [-0.39, 0.29) is 5.75 Å². The van der Waals surface area contributed by atoms with E-state index in [0.29, 0.717) is 6.54 Å². The van der Waals surface area contributed by atoms with Gasteiger partial charge < -0.3 is 15.5 Å². The molecule has 1 aromatic rings. The summed E-state index contributed by atoms with van der Waals surface area (Å²) in [6, 6.07) is 6.73. The number of hydrogen-bond donors (Lipinski definition) is 3. The molecule has 1 atom stereocenters. The molecule has 0 radical (unpaired) electrons. The zero-order valence-electron chi connectivity index (χ0n) is 9.11. The van der Waals surface area contributed by atoms with Crippen molar-refractivity contribution in [1.82, 2.24) is 5.32 Å². The lowest BCUT2D eigenvalue weighted by Gasteiger charge is -2.12. The van der Waals surface area contributed by atoms with E-state index < -0.39 is 6.10 Å². The molecule has 0 heterocycles. The molecule has 3 heteroatoms. The van der Waals surface area contributed by atoms with E-state index >= 15 is 0 Å². The number of rotatable bonds is 6. The van der Waals surface area contributed by atoms with Crippen LogP contribution in [-0.2, 0) is 0 Å². The number of aromatic hydroxyl groups is 1. The molecule has 0 aliphatic heterocycles. The molecule has 0 amide bonds. The summed E-state index contributed by atoms with van der Waals surface area (Å²) >= 11 is 0. The highest BCUT2D eigenvalue weighted by molar-refractivity contribution is 5.28. The van der Waals surface area contributed by atoms with Gasteiger partial charge >= 0.3 is 0 Å². The van der Waals surface area contributed by atoms with Crippen molar-refractivity contribution in [3.63, 3.8) is 0 Å². The van der Waals surface area contributed by atoms with E-state index in [1.54, 1.807) is 18.2 Å². The average Bonchev–Trinajstić information content (AvgIpc) is 2.24. The van der Waals surface area contributed by atoms with Crippen molar-refractivity contribution in [2.45, 2.75) is 25.9 Å². The number of unbranched alkanes of at least 4 members (excludes halogenated alkanes) is 1. The summed E-state index contributed by atoms with van der Waals surface area (Å²) in [6.45, 7) is 3.59. The van der Waals surface area contributed by atoms with E-state index in [2.05, 4.69) is 12.2 Å². The van der Waals surface area contributed by atoms with Crippen LogP contribution in [0.2, 0.25) is 0 Å². The fraction of sp³-hybridized carbons (Fsp3) is 0.500. The molecule has 3 nitrogen and oxygen atoms in total. The van der Waals surface area contributed by atoms with Crippen molar-refractivity contribution in [3.8, 4) is 5.75 Å². The summed E-state index contributed by atoms with van der Waals surface area (Å²) in [5.41, 5.74) is 0.749. The van der Waals surface area contributed by atoms with Crippen molar-refractivity contribution < 1.29 is 10.2 Å². The Balaban J connectivity index is 2.36. The third kappa shape index (κ3) is 4.32. The Labute approximate surface area is 90.8 Å². The van der Waals surface area contributed by atoms with Gasteiger partial charge in [-0.3, -0.25) is 0 Å². The molecule has 0 aliphatic rings. The van der Waals surface area contributed by atoms with E-state index in [0.717, 1.165) is 24.9 Å². The van der Waals surface area contributed by atoms with Crippen LogP contribution in [0.4, 0.5) is 0 Å². The molecule has 0 aromatic heterocycles. The molecule has 15 heavy (non-hydrogen) atoms. The SMILES string of the molecule is CCCCNC[C@H](O)c1cccc(O)c1. The fourth-order valence-corrected chi connectivity index (χ4v) is 1.39. The van der Waals surface area contributed by atoms with E-state index in [4.69, 9.17) is 0 Å². The lowest BCUT2D eigenvalue weighted by molar-refractivity contribution is 0.174. The quantitative estimate of drug-likeness (QED) is 0.626. The highest BCUT2D eigenvalue weighted by Gasteiger charge is 2.06. The lowest BCUT2D eigenvalue weighted by atomic mass is 10.1. The standard InChI is InChI=1S/C12H19NO2/c1-2-3-7-13-9-12(15)10-5-4-6-11(14)8-10/h4-6,8,12-15H,2-3,7,9H2,1H3/t12-/m0/s1. The molecule has 0 spiro atoms. The maximum Gasteiger partial charge on any atom is 0.115 e. The van der Waals surface area contributed by atoms with Gasteiger partial charge in [-0.25, -0.2) is 0 Å². The Hall–Kier alpha value is -1.06. The van der Waals surface area contributed by atoms with E-state index in [1.807, 2.05) is 6.07 Å². The topological polar surface area (TPSA) is 52.5 Å². The Morgan fingerprint density at radius 3 is 2.87 bits per heavy atom. The van der Waals surface area contributed by atoms with Crippen molar-refractivity contribution in [2.75, 3.05) is 13.1 Å². The lowest BCUT2D eigenvalue weighted by Crippen LogP contribution is -2.22. The maximum atomic E-state index is 9.77. The maximum absolute atomic E-state index is 9.77. The number of aliphatic hydroxyl groups is 1. The minimum Gasteiger partial charge on any atom is -0.508 e. The number of hydrogen-bond acceptors (Lipinski definition) is 3. The predicted octanol–water partition coefficient (Wildman–Crippen LogP) is 1.82. The van der Waals surface area contributed by atoms with Gasteiger partial charge in [0.05, 0.1) is 6.10 Å². The first-order valence-corrected chi connectivity index (χ1v) is 5.41. The molecule has 3 N–H and O–H groups in total. The third-order valence-electron chi connectivity index (χ3n) is 2.30. The summed E-state index contributed by atoms with van der Waals surface area (Å²) in [7, 11) is 0. The molecule has 0 unspecified atom stereocenters. The van der Waals surface area contributed by atoms with Gasteiger partial charge in [-0.1, -0.05) is 25.5 Å². The first kappa shape index (κ1) is 12.0. The number of benzene rings is 1. The third-order valence-corrected chi connectivity index (χ3v) is 2.30. The van der Waals surface area contributed by atoms with Crippen molar-refractivity contribution in [3.05, 3.63) is 29.8 Å². The molecule has 84 valence electrons. The van der Waals surface area contributed by atoms with E-state index in [1.165, 1.54) is 0 Å². The van der Waals surface area contributed by atoms with Crippen LogP contribution in [0.3, 0.4) is 0 Å². The van der Waals surface area contributed by atoms with Gasteiger partial charge in [0.1, 0.15) is 5.75 Å². The number of aliphatic hydroxyl groups excluding tert-OH is 1. The van der Waals surface area contributed by atoms with Gasteiger partial charge in [-0.05, 0) is 30.7 Å². The molecule has 1 rings (SSSR count). The van der Waals surface area contributed by atoms with Crippen molar-refractivity contribution in [2.24, 2.45) is 0 Å². The van der Waals surface area contributed by atoms with Crippen LogP contribution in [0.5, 0.6) is 5.75 Å². The molecule has 0 aliphatic carbocycles. The van der Waals surface area contributed by atoms with Crippen LogP contribution >= 0.6 is 0 Å². The minimum atomic E-state index is -0.547. The van der Waals surface area contributed by atoms with Gasteiger partial charge in [-0.15, -0.1) is 0 Å². The van der Waals surface area contributed by atoms with Gasteiger partial charge in [0.15, 0.2) is 0 Å². The molecular formula is C12H19NO2. The second-order valence-corrected chi connectivity index (χ2v) is 3.67. The first-order chi connectivity index (χ1) is 7.24. The Morgan fingerprint density at radius 2 is 2.20 bits per heavy atom. The van der Waals surface area contributed by atoms with Crippen LogP contribution in [0.1, 0.15) is 31.4 Å². The predicted molar refractivity (Wildman–Crippen MR) is 60.8 cm³/mol. The Morgan fingerprint density at radius 1 is 1.40 bits per heavy atom. The molecule has 0 saturated carbocycles. The highest BCUT2D eigenvalue weighted by Crippen LogP contribution is 2.17. The van der Waals surface area contributed by atoms with Gasteiger partial charge in [0.2, 0.25) is 0 Å². The van der Waals surface area contributed by atoms with Gasteiger partial charge in [0, 0.05) is 6.54 Å². The zero-order valence-corrected chi connectivity index (χ0v) is 9.11. The normalized spacial score (nSPS) is 12.7. The van der Waals surface area contributed by atoms with Crippen molar-refractivity contribution >= 4 is 0 Å². The summed E-state index contributed by atoms with van der Waals surface area (Å²) < 4.78 is 0. The van der Waals surface area contributed by atoms with Crippen LogP contribution < -0.4 is 5.32 Å². The van der Waals surface area contributed by atoms with Gasteiger partial charge in [-0.2, -0.15) is 0 Å². The number of nitrogens with one attached hydrogen (secondary N) is 1. The van der Waals surface area contributed by atoms with Crippen molar-refractivity contribution in [1.29, 1.82) is 0 Å². The summed E-state index contributed by atoms with van der Waals surface area (Å²) in [5, 5.41) is 22.2.